The van der Waals surface area contributed by atoms with E-state index in [1.165, 1.54) is 82.3 Å². The first-order valence-corrected chi connectivity index (χ1v) is 11.3. The van der Waals surface area contributed by atoms with Crippen molar-refractivity contribution in [2.75, 3.05) is 39.3 Å². The van der Waals surface area contributed by atoms with Crippen LogP contribution in [0.2, 0.25) is 0 Å². The summed E-state index contributed by atoms with van der Waals surface area (Å²) in [6.07, 6.45) is 10.4. The van der Waals surface area contributed by atoms with Gasteiger partial charge in [0.2, 0.25) is 0 Å². The molecule has 0 bridgehead atoms. The van der Waals surface area contributed by atoms with E-state index in [-0.39, 0.29) is 6.03 Å². The van der Waals surface area contributed by atoms with Crippen molar-refractivity contribution in [1.29, 1.82) is 0 Å². The number of nitrogens with zero attached hydrogens (tertiary/aromatic N) is 2. The summed E-state index contributed by atoms with van der Waals surface area (Å²) >= 11 is 0. The van der Waals surface area contributed by atoms with Crippen molar-refractivity contribution in [3.63, 3.8) is 0 Å². The van der Waals surface area contributed by atoms with Crippen LogP contribution in [-0.4, -0.2) is 55.1 Å². The molecule has 2 aliphatic rings. The largest absolute Gasteiger partial charge is 0.338 e. The molecule has 0 saturated carbocycles. The van der Waals surface area contributed by atoms with Gasteiger partial charge < -0.3 is 15.5 Å². The first-order valence-electron chi connectivity index (χ1n) is 11.3. The molecule has 2 amide bonds. The standard InChI is InChI=1S/C23H38N4O/c28-23(24-13-10-18-26-14-6-1-2-7-15-26)25-19-21-11-4-5-12-22(21)20-27-16-8-3-9-17-27/h4-5,11-12H,1-3,6-10,13-20H2,(H2,24,25,28). The number of nitrogens with one attached hydrogen (secondary N) is 2. The van der Waals surface area contributed by atoms with E-state index in [0.717, 1.165) is 26.1 Å². The predicted molar refractivity (Wildman–Crippen MR) is 115 cm³/mol. The number of benzene rings is 1. The highest BCUT2D eigenvalue weighted by Crippen LogP contribution is 2.16. The highest BCUT2D eigenvalue weighted by atomic mass is 16.2. The minimum atomic E-state index is -0.0522. The van der Waals surface area contributed by atoms with Gasteiger partial charge in [-0.15, -0.1) is 0 Å². The summed E-state index contributed by atoms with van der Waals surface area (Å²) in [6, 6.07) is 8.45. The highest BCUT2D eigenvalue weighted by Gasteiger charge is 2.13. The van der Waals surface area contributed by atoms with Crippen molar-refractivity contribution < 1.29 is 4.79 Å². The van der Waals surface area contributed by atoms with Crippen LogP contribution in [0.1, 0.15) is 62.5 Å². The van der Waals surface area contributed by atoms with Crippen molar-refractivity contribution in [3.05, 3.63) is 35.4 Å². The molecule has 3 rings (SSSR count). The molecule has 2 saturated heterocycles. The highest BCUT2D eigenvalue weighted by molar-refractivity contribution is 5.73. The summed E-state index contributed by atoms with van der Waals surface area (Å²) in [5, 5.41) is 6.06. The molecule has 1 aromatic rings. The number of hydrogen-bond donors (Lipinski definition) is 2. The summed E-state index contributed by atoms with van der Waals surface area (Å²) in [5.74, 6) is 0. The zero-order valence-electron chi connectivity index (χ0n) is 17.4. The van der Waals surface area contributed by atoms with Crippen LogP contribution in [0.4, 0.5) is 4.79 Å². The molecule has 1 aromatic carbocycles. The molecular formula is C23H38N4O. The Balaban J connectivity index is 1.34. The molecule has 2 heterocycles. The van der Waals surface area contributed by atoms with Crippen molar-refractivity contribution in [2.24, 2.45) is 0 Å². The van der Waals surface area contributed by atoms with Gasteiger partial charge in [-0.05, 0) is 76.0 Å². The second kappa shape index (κ2) is 12.1. The van der Waals surface area contributed by atoms with E-state index in [4.69, 9.17) is 0 Å². The Bertz CT molecular complexity index is 578. The first-order chi connectivity index (χ1) is 13.8. The van der Waals surface area contributed by atoms with Crippen LogP contribution in [0.25, 0.3) is 0 Å². The van der Waals surface area contributed by atoms with E-state index >= 15 is 0 Å². The van der Waals surface area contributed by atoms with Gasteiger partial charge in [0, 0.05) is 19.6 Å². The number of carbonyl (C=O) groups is 1. The van der Waals surface area contributed by atoms with E-state index in [2.05, 4.69) is 44.7 Å². The molecule has 0 radical (unpaired) electrons. The molecule has 0 unspecified atom stereocenters. The minimum absolute atomic E-state index is 0.0522. The van der Waals surface area contributed by atoms with Gasteiger partial charge in [0.25, 0.3) is 0 Å². The first kappa shape index (κ1) is 21.1. The van der Waals surface area contributed by atoms with Gasteiger partial charge in [0.05, 0.1) is 0 Å². The summed E-state index contributed by atoms with van der Waals surface area (Å²) in [7, 11) is 0. The molecule has 2 aliphatic heterocycles. The van der Waals surface area contributed by atoms with Crippen LogP contribution < -0.4 is 10.6 Å². The molecule has 0 atom stereocenters. The van der Waals surface area contributed by atoms with Crippen LogP contribution in [0.5, 0.6) is 0 Å². The smallest absolute Gasteiger partial charge is 0.315 e. The monoisotopic (exact) mass is 386 g/mol. The Hall–Kier alpha value is -1.59. The van der Waals surface area contributed by atoms with E-state index in [1.807, 2.05) is 0 Å². The van der Waals surface area contributed by atoms with Crippen LogP contribution >= 0.6 is 0 Å². The number of amides is 2. The van der Waals surface area contributed by atoms with E-state index in [0.29, 0.717) is 6.54 Å². The van der Waals surface area contributed by atoms with Gasteiger partial charge in [0.1, 0.15) is 0 Å². The maximum Gasteiger partial charge on any atom is 0.315 e. The van der Waals surface area contributed by atoms with E-state index in [9.17, 15) is 4.79 Å². The lowest BCUT2D eigenvalue weighted by Crippen LogP contribution is -2.37. The molecule has 0 aromatic heterocycles. The van der Waals surface area contributed by atoms with Gasteiger partial charge in [-0.3, -0.25) is 4.90 Å². The number of likely N-dealkylation sites (tertiary alicyclic amines) is 2. The number of rotatable bonds is 8. The molecule has 0 aliphatic carbocycles. The molecule has 5 nitrogen and oxygen atoms in total. The van der Waals surface area contributed by atoms with Gasteiger partial charge in [-0.2, -0.15) is 0 Å². The quantitative estimate of drug-likeness (QED) is 0.669. The third-order valence-electron chi connectivity index (χ3n) is 6.04. The lowest BCUT2D eigenvalue weighted by atomic mass is 10.0. The average Bonchev–Trinajstić information content (AvgIpc) is 3.00. The number of carbonyl (C=O) groups excluding carboxylic acids is 1. The topological polar surface area (TPSA) is 47.6 Å². The maximum atomic E-state index is 12.2. The summed E-state index contributed by atoms with van der Waals surface area (Å²) in [6.45, 7) is 8.27. The fraction of sp³-hybridized carbons (Fsp3) is 0.696. The Morgan fingerprint density at radius 2 is 1.39 bits per heavy atom. The van der Waals surface area contributed by atoms with Crippen molar-refractivity contribution in [3.8, 4) is 0 Å². The lowest BCUT2D eigenvalue weighted by molar-refractivity contribution is 0.220. The van der Waals surface area contributed by atoms with Gasteiger partial charge in [-0.25, -0.2) is 4.79 Å². The second-order valence-corrected chi connectivity index (χ2v) is 8.32. The third kappa shape index (κ3) is 7.44. The summed E-state index contributed by atoms with van der Waals surface area (Å²) in [5.41, 5.74) is 2.57. The fourth-order valence-electron chi connectivity index (χ4n) is 4.34. The number of urea groups is 1. The van der Waals surface area contributed by atoms with Gasteiger partial charge in [0.15, 0.2) is 0 Å². The molecule has 0 spiro atoms. The Morgan fingerprint density at radius 1 is 0.786 bits per heavy atom. The molecule has 156 valence electrons. The Kier molecular flexibility index (Phi) is 9.11. The zero-order valence-corrected chi connectivity index (χ0v) is 17.4. The normalized spacial score (nSPS) is 19.1. The fourth-order valence-corrected chi connectivity index (χ4v) is 4.34. The molecule has 5 heteroatoms. The van der Waals surface area contributed by atoms with Gasteiger partial charge in [-0.1, -0.05) is 43.5 Å². The molecule has 2 fully saturated rings. The summed E-state index contributed by atoms with van der Waals surface area (Å²) < 4.78 is 0. The number of piperidine rings is 1. The van der Waals surface area contributed by atoms with Crippen molar-refractivity contribution >= 4 is 6.03 Å². The minimum Gasteiger partial charge on any atom is -0.338 e. The van der Waals surface area contributed by atoms with Crippen LogP contribution in [0.15, 0.2) is 24.3 Å². The van der Waals surface area contributed by atoms with E-state index < -0.39 is 0 Å². The molecule has 28 heavy (non-hydrogen) atoms. The third-order valence-corrected chi connectivity index (χ3v) is 6.04. The lowest BCUT2D eigenvalue weighted by Gasteiger charge is -2.27. The zero-order chi connectivity index (χ0) is 19.4. The van der Waals surface area contributed by atoms with Crippen LogP contribution in [0, 0.1) is 0 Å². The number of hydrogen-bond acceptors (Lipinski definition) is 3. The maximum absolute atomic E-state index is 12.2. The average molecular weight is 387 g/mol. The summed E-state index contributed by atoms with van der Waals surface area (Å²) in [4.78, 5) is 17.3. The SMILES string of the molecule is O=C(NCCCN1CCCCCC1)NCc1ccccc1CN1CCCCC1. The Labute approximate surface area is 170 Å². The second-order valence-electron chi connectivity index (χ2n) is 8.32. The van der Waals surface area contributed by atoms with Gasteiger partial charge >= 0.3 is 6.03 Å². The van der Waals surface area contributed by atoms with E-state index in [1.54, 1.807) is 0 Å². The van der Waals surface area contributed by atoms with Crippen LogP contribution in [0.3, 0.4) is 0 Å². The van der Waals surface area contributed by atoms with Crippen molar-refractivity contribution in [2.45, 2.75) is 64.5 Å². The molecule has 2 N–H and O–H groups in total. The molecular weight excluding hydrogens is 348 g/mol. The van der Waals surface area contributed by atoms with Crippen molar-refractivity contribution in [1.82, 2.24) is 20.4 Å². The van der Waals surface area contributed by atoms with Crippen LogP contribution in [-0.2, 0) is 13.1 Å². The Morgan fingerprint density at radius 3 is 2.11 bits per heavy atom. The predicted octanol–water partition coefficient (Wildman–Crippen LogP) is 3.74.